The van der Waals surface area contributed by atoms with Crippen LogP contribution in [-0.2, 0) is 6.61 Å². The normalized spacial score (nSPS) is 11.0. The Morgan fingerprint density at radius 1 is 1.43 bits per heavy atom. The lowest BCUT2D eigenvalue weighted by molar-refractivity contribution is 0.282. The Bertz CT molecular complexity index is 464. The molecule has 0 fully saturated rings. The summed E-state index contributed by atoms with van der Waals surface area (Å²) in [5.74, 6) is 0. The highest BCUT2D eigenvalue weighted by molar-refractivity contribution is 8.00. The van der Waals surface area contributed by atoms with Crippen LogP contribution < -0.4 is 5.73 Å². The van der Waals surface area contributed by atoms with E-state index in [1.54, 1.807) is 23.1 Å². The molecule has 0 radical (unpaired) electrons. The van der Waals surface area contributed by atoms with E-state index >= 15 is 0 Å². The van der Waals surface area contributed by atoms with E-state index in [1.807, 2.05) is 18.4 Å². The molecule has 2 rings (SSSR count). The van der Waals surface area contributed by atoms with Gasteiger partial charge in [-0.15, -0.1) is 23.1 Å². The highest BCUT2D eigenvalue weighted by Crippen LogP contribution is 2.35. The standard InChI is InChI=1S/C10H11NOS2/c1-13-9-4-7-2-6(5-12)3-8(11)10(7)14-9/h2-4,12H,5,11H2,1H3. The fourth-order valence-electron chi connectivity index (χ4n) is 1.41. The second-order valence-corrected chi connectivity index (χ2v) is 5.19. The number of fused-ring (bicyclic) bond motifs is 1. The zero-order valence-electron chi connectivity index (χ0n) is 7.78. The molecule has 4 heteroatoms. The van der Waals surface area contributed by atoms with Gasteiger partial charge in [0.05, 0.1) is 15.5 Å². The van der Waals surface area contributed by atoms with Crippen molar-refractivity contribution in [2.45, 2.75) is 10.8 Å². The van der Waals surface area contributed by atoms with Crippen LogP contribution in [0.1, 0.15) is 5.56 Å². The average Bonchev–Trinajstić information content (AvgIpc) is 2.61. The number of aliphatic hydroxyl groups is 1. The molecule has 2 nitrogen and oxygen atoms in total. The predicted molar refractivity (Wildman–Crippen MR) is 63.9 cm³/mol. The zero-order chi connectivity index (χ0) is 10.1. The minimum absolute atomic E-state index is 0.0462. The van der Waals surface area contributed by atoms with Gasteiger partial charge in [0.1, 0.15) is 0 Å². The van der Waals surface area contributed by atoms with E-state index in [0.29, 0.717) is 0 Å². The van der Waals surface area contributed by atoms with Crippen molar-refractivity contribution in [3.63, 3.8) is 0 Å². The molecule has 0 aliphatic heterocycles. The van der Waals surface area contributed by atoms with Crippen LogP contribution in [0, 0.1) is 0 Å². The molecule has 3 N–H and O–H groups in total. The van der Waals surface area contributed by atoms with Gasteiger partial charge >= 0.3 is 0 Å². The van der Waals surface area contributed by atoms with E-state index in [9.17, 15) is 0 Å². The van der Waals surface area contributed by atoms with Gasteiger partial charge in [-0.2, -0.15) is 0 Å². The van der Waals surface area contributed by atoms with Gasteiger partial charge in [-0.25, -0.2) is 0 Å². The molecule has 0 saturated heterocycles. The van der Waals surface area contributed by atoms with Crippen molar-refractivity contribution in [1.82, 2.24) is 0 Å². The summed E-state index contributed by atoms with van der Waals surface area (Å²) in [5.41, 5.74) is 7.53. The van der Waals surface area contributed by atoms with Crippen molar-refractivity contribution in [1.29, 1.82) is 0 Å². The van der Waals surface area contributed by atoms with E-state index in [2.05, 4.69) is 6.07 Å². The zero-order valence-corrected chi connectivity index (χ0v) is 9.41. The Labute approximate surface area is 90.7 Å². The first-order valence-electron chi connectivity index (χ1n) is 4.21. The first kappa shape index (κ1) is 9.83. The van der Waals surface area contributed by atoms with Crippen molar-refractivity contribution in [2.75, 3.05) is 12.0 Å². The van der Waals surface area contributed by atoms with E-state index < -0.39 is 0 Å². The molecule has 2 aromatic rings. The molecule has 1 heterocycles. The monoisotopic (exact) mass is 225 g/mol. The molecule has 74 valence electrons. The van der Waals surface area contributed by atoms with Crippen molar-refractivity contribution >= 4 is 38.9 Å². The lowest BCUT2D eigenvalue weighted by Crippen LogP contribution is -1.88. The molecule has 0 atom stereocenters. The third-order valence-corrected chi connectivity index (χ3v) is 4.33. The van der Waals surface area contributed by atoms with Crippen LogP contribution in [0.4, 0.5) is 5.69 Å². The quantitative estimate of drug-likeness (QED) is 0.610. The van der Waals surface area contributed by atoms with Crippen molar-refractivity contribution in [3.05, 3.63) is 23.8 Å². The van der Waals surface area contributed by atoms with Crippen LogP contribution in [0.25, 0.3) is 10.1 Å². The fourth-order valence-corrected chi connectivity index (χ4v) is 3.04. The minimum Gasteiger partial charge on any atom is -0.398 e. The summed E-state index contributed by atoms with van der Waals surface area (Å²) in [6.45, 7) is 0.0462. The van der Waals surface area contributed by atoms with Crippen LogP contribution >= 0.6 is 23.1 Å². The summed E-state index contributed by atoms with van der Waals surface area (Å²) < 4.78 is 2.37. The molecule has 0 bridgehead atoms. The maximum Gasteiger partial charge on any atom is 0.0682 e. The first-order chi connectivity index (χ1) is 6.74. The van der Waals surface area contributed by atoms with Gasteiger partial charge in [0.25, 0.3) is 0 Å². The summed E-state index contributed by atoms with van der Waals surface area (Å²) in [7, 11) is 0. The number of nitrogens with two attached hydrogens (primary N) is 1. The van der Waals surface area contributed by atoms with Gasteiger partial charge in [0.2, 0.25) is 0 Å². The molecule has 0 amide bonds. The van der Waals surface area contributed by atoms with E-state index in [4.69, 9.17) is 10.8 Å². The van der Waals surface area contributed by atoms with Crippen LogP contribution in [0.3, 0.4) is 0 Å². The number of nitrogen functional groups attached to an aromatic ring is 1. The number of benzene rings is 1. The summed E-state index contributed by atoms with van der Waals surface area (Å²) in [4.78, 5) is 0. The van der Waals surface area contributed by atoms with Crippen molar-refractivity contribution < 1.29 is 5.11 Å². The van der Waals surface area contributed by atoms with Gasteiger partial charge in [0, 0.05) is 5.69 Å². The van der Waals surface area contributed by atoms with Crippen molar-refractivity contribution in [3.8, 4) is 0 Å². The second kappa shape index (κ2) is 3.81. The minimum atomic E-state index is 0.0462. The molecule has 0 aliphatic carbocycles. The van der Waals surface area contributed by atoms with Gasteiger partial charge in [-0.05, 0) is 35.4 Å². The molecule has 0 unspecified atom stereocenters. The Kier molecular flexibility index (Phi) is 2.67. The lowest BCUT2D eigenvalue weighted by Gasteiger charge is -1.99. The number of anilines is 1. The maximum absolute atomic E-state index is 9.03. The number of thioether (sulfide) groups is 1. The molecule has 0 saturated carbocycles. The molecule has 1 aromatic heterocycles. The van der Waals surface area contributed by atoms with E-state index in [-0.39, 0.29) is 6.61 Å². The summed E-state index contributed by atoms with van der Waals surface area (Å²) in [6, 6.07) is 5.94. The lowest BCUT2D eigenvalue weighted by atomic mass is 10.1. The maximum atomic E-state index is 9.03. The van der Waals surface area contributed by atoms with Crippen LogP contribution in [0.15, 0.2) is 22.4 Å². The van der Waals surface area contributed by atoms with Crippen LogP contribution in [-0.4, -0.2) is 11.4 Å². The highest BCUT2D eigenvalue weighted by atomic mass is 32.2. The Morgan fingerprint density at radius 2 is 2.21 bits per heavy atom. The smallest absolute Gasteiger partial charge is 0.0682 e. The van der Waals surface area contributed by atoms with E-state index in [1.165, 1.54) is 4.21 Å². The fraction of sp³-hybridized carbons (Fsp3) is 0.200. The largest absolute Gasteiger partial charge is 0.398 e. The van der Waals surface area contributed by atoms with Crippen LogP contribution in [0.5, 0.6) is 0 Å². The van der Waals surface area contributed by atoms with Gasteiger partial charge in [-0.1, -0.05) is 0 Å². The molecule has 14 heavy (non-hydrogen) atoms. The Hall–Kier alpha value is -0.710. The predicted octanol–water partition coefficient (Wildman–Crippen LogP) is 2.70. The van der Waals surface area contributed by atoms with Crippen molar-refractivity contribution in [2.24, 2.45) is 0 Å². The van der Waals surface area contributed by atoms with Gasteiger partial charge in [-0.3, -0.25) is 0 Å². The molecule has 1 aromatic carbocycles. The topological polar surface area (TPSA) is 46.2 Å². The van der Waals surface area contributed by atoms with Crippen LogP contribution in [0.2, 0.25) is 0 Å². The van der Waals surface area contributed by atoms with Gasteiger partial charge in [0.15, 0.2) is 0 Å². The Balaban J connectivity index is 2.67. The molecule has 0 spiro atoms. The molecular weight excluding hydrogens is 214 g/mol. The average molecular weight is 225 g/mol. The summed E-state index contributed by atoms with van der Waals surface area (Å²) in [5, 5.41) is 10.2. The number of hydrogen-bond donors (Lipinski definition) is 2. The third kappa shape index (κ3) is 1.61. The third-order valence-electron chi connectivity index (χ3n) is 2.07. The number of thiophene rings is 1. The van der Waals surface area contributed by atoms with Gasteiger partial charge < -0.3 is 10.8 Å². The number of hydrogen-bond acceptors (Lipinski definition) is 4. The SMILES string of the molecule is CSc1cc2cc(CO)cc(N)c2s1. The summed E-state index contributed by atoms with van der Waals surface area (Å²) >= 11 is 3.42. The number of aliphatic hydroxyl groups excluding tert-OH is 1. The second-order valence-electron chi connectivity index (χ2n) is 3.03. The highest BCUT2D eigenvalue weighted by Gasteiger charge is 2.05. The first-order valence-corrected chi connectivity index (χ1v) is 6.25. The Morgan fingerprint density at radius 3 is 2.86 bits per heavy atom. The molecular formula is C10H11NOS2. The molecule has 0 aliphatic rings. The van der Waals surface area contributed by atoms with E-state index in [0.717, 1.165) is 21.3 Å². The number of rotatable bonds is 2. The summed E-state index contributed by atoms with van der Waals surface area (Å²) in [6.07, 6.45) is 2.05.